The third-order valence-electron chi connectivity index (χ3n) is 6.17. The van der Waals surface area contributed by atoms with E-state index in [-0.39, 0.29) is 21.8 Å². The first-order chi connectivity index (χ1) is 14.0. The molecule has 1 N–H and O–H groups in total. The molecule has 2 fully saturated rings. The van der Waals surface area contributed by atoms with E-state index in [4.69, 9.17) is 0 Å². The molecule has 1 aliphatic heterocycles. The van der Waals surface area contributed by atoms with Gasteiger partial charge in [-0.3, -0.25) is 4.79 Å². The van der Waals surface area contributed by atoms with Gasteiger partial charge < -0.3 is 5.32 Å². The molecule has 0 spiro atoms. The fraction of sp³-hybridized carbons (Fsp3) is 0.435. The summed E-state index contributed by atoms with van der Waals surface area (Å²) in [6.07, 6.45) is 2.75. The van der Waals surface area contributed by atoms with E-state index in [2.05, 4.69) is 26.1 Å². The fourth-order valence-electron chi connectivity index (χ4n) is 5.36. The van der Waals surface area contributed by atoms with Crippen LogP contribution in [0.3, 0.4) is 0 Å². The molecule has 2 aliphatic rings. The monoisotopic (exact) mass is 430 g/mol. The third-order valence-corrected chi connectivity index (χ3v) is 8.07. The quantitative estimate of drug-likeness (QED) is 0.767. The Balaban J connectivity index is 1.57. The summed E-state index contributed by atoms with van der Waals surface area (Å²) in [5.74, 6) is -0.844. The molecule has 1 heterocycles. The first-order valence-electron chi connectivity index (χ1n) is 10.2. The molecule has 2 aromatic rings. The topological polar surface area (TPSA) is 66.5 Å². The number of hydrogen-bond donors (Lipinski definition) is 1. The Morgan fingerprint density at radius 2 is 1.80 bits per heavy atom. The van der Waals surface area contributed by atoms with Crippen LogP contribution >= 0.6 is 0 Å². The van der Waals surface area contributed by atoms with Crippen LogP contribution in [0.2, 0.25) is 0 Å². The molecule has 1 amide bonds. The van der Waals surface area contributed by atoms with Crippen LogP contribution in [0.5, 0.6) is 0 Å². The van der Waals surface area contributed by atoms with Crippen molar-refractivity contribution in [2.24, 2.45) is 10.8 Å². The number of carbonyl (C=O) groups excluding carboxylic acids is 1. The Hall–Kier alpha value is -2.25. The maximum Gasteiger partial charge on any atom is 0.255 e. The van der Waals surface area contributed by atoms with Gasteiger partial charge >= 0.3 is 0 Å². The van der Waals surface area contributed by atoms with Crippen molar-refractivity contribution < 1.29 is 17.6 Å². The number of hydrogen-bond acceptors (Lipinski definition) is 3. The van der Waals surface area contributed by atoms with Gasteiger partial charge in [0.2, 0.25) is 10.0 Å². The second-order valence-electron chi connectivity index (χ2n) is 9.75. The lowest BCUT2D eigenvalue weighted by molar-refractivity contribution is 0.102. The molecule has 4 rings (SSSR count). The number of halogens is 1. The maximum atomic E-state index is 13.4. The molecule has 5 nitrogen and oxygen atoms in total. The van der Waals surface area contributed by atoms with Gasteiger partial charge in [-0.2, -0.15) is 4.31 Å². The Morgan fingerprint density at radius 3 is 2.50 bits per heavy atom. The zero-order valence-corrected chi connectivity index (χ0v) is 18.3. The molecule has 2 aromatic carbocycles. The molecule has 2 unspecified atom stereocenters. The Kier molecular flexibility index (Phi) is 5.02. The van der Waals surface area contributed by atoms with E-state index in [1.165, 1.54) is 30.3 Å². The molecule has 1 aliphatic carbocycles. The van der Waals surface area contributed by atoms with E-state index in [9.17, 15) is 17.6 Å². The highest BCUT2D eigenvalue weighted by Gasteiger charge is 2.53. The van der Waals surface area contributed by atoms with Gasteiger partial charge in [0.05, 0.1) is 4.90 Å². The van der Waals surface area contributed by atoms with Crippen LogP contribution in [0.4, 0.5) is 10.1 Å². The summed E-state index contributed by atoms with van der Waals surface area (Å²) >= 11 is 0. The number of benzene rings is 2. The van der Waals surface area contributed by atoms with Gasteiger partial charge in [0.1, 0.15) is 5.82 Å². The van der Waals surface area contributed by atoms with E-state index in [1.807, 2.05) is 0 Å². The molecular formula is C23H27FN2O3S. The van der Waals surface area contributed by atoms with Crippen LogP contribution in [0.15, 0.2) is 53.4 Å². The standard InChI is InChI=1S/C23H27FN2O3S/c1-22(2)12-19-13-23(3,14-22)15-26(19)30(28,29)20-6-4-5-18(11-20)25-21(27)16-7-9-17(24)10-8-16/h4-11,19H,12-15H2,1-3H3,(H,25,27). The summed E-state index contributed by atoms with van der Waals surface area (Å²) in [5.41, 5.74) is 0.799. The third kappa shape index (κ3) is 4.01. The lowest BCUT2D eigenvalue weighted by atomic mass is 9.65. The number of carbonyl (C=O) groups is 1. The predicted molar refractivity (Wildman–Crippen MR) is 114 cm³/mol. The maximum absolute atomic E-state index is 13.4. The number of rotatable bonds is 4. The van der Waals surface area contributed by atoms with Crippen molar-refractivity contribution in [2.45, 2.75) is 51.0 Å². The van der Waals surface area contributed by atoms with Gasteiger partial charge in [0.15, 0.2) is 0 Å². The van der Waals surface area contributed by atoms with Gasteiger partial charge in [0.25, 0.3) is 5.91 Å². The van der Waals surface area contributed by atoms with Gasteiger partial charge in [-0.25, -0.2) is 12.8 Å². The molecule has 0 aromatic heterocycles. The molecule has 2 atom stereocenters. The summed E-state index contributed by atoms with van der Waals surface area (Å²) in [6, 6.07) is 11.5. The molecule has 1 saturated heterocycles. The number of anilines is 1. The largest absolute Gasteiger partial charge is 0.322 e. The zero-order chi connectivity index (χ0) is 21.7. The SMILES string of the molecule is CC1(C)CC2CC(C)(CN2S(=O)(=O)c2cccc(NC(=O)c3ccc(F)cc3)c2)C1. The van der Waals surface area contributed by atoms with E-state index < -0.39 is 21.7 Å². The molecule has 2 bridgehead atoms. The minimum absolute atomic E-state index is 0.00112. The van der Waals surface area contributed by atoms with Crippen LogP contribution < -0.4 is 5.32 Å². The lowest BCUT2D eigenvalue weighted by Gasteiger charge is -2.39. The van der Waals surface area contributed by atoms with E-state index >= 15 is 0 Å². The minimum atomic E-state index is -3.68. The summed E-state index contributed by atoms with van der Waals surface area (Å²) in [6.45, 7) is 7.11. The highest BCUT2D eigenvalue weighted by Crippen LogP contribution is 2.53. The van der Waals surface area contributed by atoms with Crippen LogP contribution in [0, 0.1) is 16.6 Å². The van der Waals surface area contributed by atoms with Gasteiger partial charge in [-0.15, -0.1) is 0 Å². The van der Waals surface area contributed by atoms with Crippen molar-refractivity contribution in [3.05, 3.63) is 59.9 Å². The number of nitrogens with one attached hydrogen (secondary N) is 1. The predicted octanol–water partition coefficient (Wildman–Crippen LogP) is 4.67. The lowest BCUT2D eigenvalue weighted by Crippen LogP contribution is -2.37. The first-order valence-corrected chi connectivity index (χ1v) is 11.6. The molecule has 30 heavy (non-hydrogen) atoms. The first kappa shape index (κ1) is 21.0. The van der Waals surface area contributed by atoms with Gasteiger partial charge in [-0.1, -0.05) is 26.8 Å². The van der Waals surface area contributed by atoms with E-state index in [1.54, 1.807) is 22.5 Å². The van der Waals surface area contributed by atoms with Crippen LogP contribution in [0.1, 0.15) is 50.4 Å². The smallest absolute Gasteiger partial charge is 0.255 e. The molecule has 0 radical (unpaired) electrons. The van der Waals surface area contributed by atoms with Crippen molar-refractivity contribution in [1.29, 1.82) is 0 Å². The van der Waals surface area contributed by atoms with Crippen molar-refractivity contribution in [3.8, 4) is 0 Å². The highest BCUT2D eigenvalue weighted by atomic mass is 32.2. The summed E-state index contributed by atoms with van der Waals surface area (Å²) in [7, 11) is -3.68. The average molecular weight is 431 g/mol. The van der Waals surface area contributed by atoms with Gasteiger partial charge in [-0.05, 0) is 72.6 Å². The van der Waals surface area contributed by atoms with Crippen molar-refractivity contribution in [3.63, 3.8) is 0 Å². The van der Waals surface area contributed by atoms with Crippen molar-refractivity contribution in [1.82, 2.24) is 4.31 Å². The van der Waals surface area contributed by atoms with E-state index in [0.29, 0.717) is 17.8 Å². The van der Waals surface area contributed by atoms with Crippen LogP contribution in [0.25, 0.3) is 0 Å². The average Bonchev–Trinajstić information content (AvgIpc) is 2.92. The minimum Gasteiger partial charge on any atom is -0.322 e. The van der Waals surface area contributed by atoms with Crippen molar-refractivity contribution in [2.75, 3.05) is 11.9 Å². The summed E-state index contributed by atoms with van der Waals surface area (Å²) in [4.78, 5) is 12.6. The molecule has 160 valence electrons. The number of nitrogens with zero attached hydrogens (tertiary/aromatic N) is 1. The highest BCUT2D eigenvalue weighted by molar-refractivity contribution is 7.89. The Morgan fingerprint density at radius 1 is 1.10 bits per heavy atom. The summed E-state index contributed by atoms with van der Waals surface area (Å²) in [5, 5.41) is 2.70. The van der Waals surface area contributed by atoms with Crippen LogP contribution in [-0.4, -0.2) is 31.2 Å². The Bertz CT molecular complexity index is 1080. The number of fused-ring (bicyclic) bond motifs is 2. The molecule has 1 saturated carbocycles. The second-order valence-corrected chi connectivity index (χ2v) is 11.6. The van der Waals surface area contributed by atoms with Crippen LogP contribution in [-0.2, 0) is 10.0 Å². The molecule has 7 heteroatoms. The second kappa shape index (κ2) is 7.17. The van der Waals surface area contributed by atoms with Crippen molar-refractivity contribution >= 4 is 21.6 Å². The number of amides is 1. The zero-order valence-electron chi connectivity index (χ0n) is 17.5. The normalized spacial score (nSPS) is 25.8. The van der Waals surface area contributed by atoms with E-state index in [0.717, 1.165) is 19.3 Å². The number of sulfonamides is 1. The summed E-state index contributed by atoms with van der Waals surface area (Å²) < 4.78 is 41.6. The van der Waals surface area contributed by atoms with Gasteiger partial charge in [0, 0.05) is 23.8 Å². The molecular weight excluding hydrogens is 403 g/mol. The fourth-order valence-corrected chi connectivity index (χ4v) is 7.18. The Labute approximate surface area is 177 Å².